The maximum Gasteiger partial charge on any atom is 0.327 e. The van der Waals surface area contributed by atoms with Crippen LogP contribution in [-0.4, -0.2) is 35.3 Å². The Kier molecular flexibility index (Phi) is 6.76. The van der Waals surface area contributed by atoms with Crippen LogP contribution in [0.4, 0.5) is 0 Å². The number of benzene rings is 2. The van der Waals surface area contributed by atoms with Crippen molar-refractivity contribution in [2.75, 3.05) is 12.3 Å². The van der Waals surface area contributed by atoms with Crippen molar-refractivity contribution in [3.8, 4) is 0 Å². The predicted octanol–water partition coefficient (Wildman–Crippen LogP) is 4.01. The quantitative estimate of drug-likeness (QED) is 0.685. The molecular formula is C20H24NO4P. The van der Waals surface area contributed by atoms with E-state index in [1.165, 1.54) is 0 Å². The summed E-state index contributed by atoms with van der Waals surface area (Å²) >= 11 is 0. The first kappa shape index (κ1) is 19.9. The van der Waals surface area contributed by atoms with E-state index in [2.05, 4.69) is 5.32 Å². The van der Waals surface area contributed by atoms with Gasteiger partial charge in [-0.2, -0.15) is 0 Å². The summed E-state index contributed by atoms with van der Waals surface area (Å²) < 4.78 is 13.5. The minimum absolute atomic E-state index is 0.369. The fraction of sp³-hybridized carbons (Fsp3) is 0.300. The van der Waals surface area contributed by atoms with Gasteiger partial charge in [0.05, 0.1) is 12.8 Å². The molecule has 2 atom stereocenters. The second-order valence-corrected chi connectivity index (χ2v) is 9.82. The van der Waals surface area contributed by atoms with Crippen LogP contribution in [0.25, 0.3) is 0 Å². The third-order valence-corrected chi connectivity index (χ3v) is 8.37. The average Bonchev–Trinajstić information content (AvgIpc) is 2.68. The Balaban J connectivity index is 2.46. The van der Waals surface area contributed by atoms with E-state index in [1.54, 1.807) is 68.4 Å². The highest BCUT2D eigenvalue weighted by molar-refractivity contribution is 7.64. The molecule has 2 rings (SSSR count). The molecule has 1 amide bonds. The van der Waals surface area contributed by atoms with Crippen molar-refractivity contribution < 1.29 is 19.3 Å². The molecule has 0 heterocycles. The first-order chi connectivity index (χ1) is 12.4. The minimum atomic E-state index is -2.87. The molecule has 0 aliphatic heterocycles. The van der Waals surface area contributed by atoms with Crippen molar-refractivity contribution in [1.29, 1.82) is 0 Å². The van der Waals surface area contributed by atoms with E-state index in [1.807, 2.05) is 6.07 Å². The third-order valence-electron chi connectivity index (χ3n) is 4.62. The lowest BCUT2D eigenvalue weighted by Crippen LogP contribution is -2.45. The second-order valence-electron chi connectivity index (χ2n) is 6.10. The van der Waals surface area contributed by atoms with Gasteiger partial charge in [-0.3, -0.25) is 4.79 Å². The van der Waals surface area contributed by atoms with Gasteiger partial charge in [-0.25, -0.2) is 4.79 Å². The average molecular weight is 373 g/mol. The molecule has 26 heavy (non-hydrogen) atoms. The summed E-state index contributed by atoms with van der Waals surface area (Å²) in [6, 6.07) is 16.1. The highest BCUT2D eigenvalue weighted by Gasteiger charge is 2.41. The number of carbonyl (C=O) groups is 2. The van der Waals surface area contributed by atoms with Crippen LogP contribution < -0.4 is 5.32 Å². The standard InChI is InChI=1S/C20H24NO4P/c1-3-26(25,4-2)18(15-11-7-5-8-12-15)17(20(23)24)21-19(22)16-13-9-6-10-14-16/h5-14,17-18H,3-4H2,1-2H3,(H,21,22)(H,23,24). The topological polar surface area (TPSA) is 83.5 Å². The molecule has 0 aromatic heterocycles. The van der Waals surface area contributed by atoms with Gasteiger partial charge in [-0.05, 0) is 30.0 Å². The summed E-state index contributed by atoms with van der Waals surface area (Å²) in [7, 11) is -2.87. The summed E-state index contributed by atoms with van der Waals surface area (Å²) in [6.45, 7) is 3.61. The molecule has 0 bridgehead atoms. The van der Waals surface area contributed by atoms with Crippen molar-refractivity contribution in [2.24, 2.45) is 0 Å². The van der Waals surface area contributed by atoms with Gasteiger partial charge in [0.2, 0.25) is 0 Å². The van der Waals surface area contributed by atoms with Gasteiger partial charge < -0.3 is 15.0 Å². The molecular weight excluding hydrogens is 349 g/mol. The Morgan fingerprint density at radius 2 is 1.46 bits per heavy atom. The summed E-state index contributed by atoms with van der Waals surface area (Å²) in [5.74, 6) is -1.68. The smallest absolute Gasteiger partial charge is 0.327 e. The molecule has 138 valence electrons. The molecule has 2 aromatic carbocycles. The zero-order valence-electron chi connectivity index (χ0n) is 15.0. The van der Waals surface area contributed by atoms with E-state index in [0.29, 0.717) is 23.5 Å². The van der Waals surface area contributed by atoms with E-state index >= 15 is 0 Å². The van der Waals surface area contributed by atoms with Gasteiger partial charge in [-0.1, -0.05) is 62.4 Å². The number of amides is 1. The van der Waals surface area contributed by atoms with Crippen LogP contribution in [0.5, 0.6) is 0 Å². The SMILES string of the molecule is CCP(=O)(CC)C(c1ccccc1)C(NC(=O)c1ccccc1)C(=O)O. The zero-order valence-corrected chi connectivity index (χ0v) is 15.9. The molecule has 0 spiro atoms. The van der Waals surface area contributed by atoms with Crippen molar-refractivity contribution in [1.82, 2.24) is 5.32 Å². The zero-order chi connectivity index (χ0) is 19.2. The van der Waals surface area contributed by atoms with Crippen molar-refractivity contribution in [3.05, 3.63) is 71.8 Å². The lowest BCUT2D eigenvalue weighted by atomic mass is 10.0. The Morgan fingerprint density at radius 3 is 1.92 bits per heavy atom. The molecule has 0 fully saturated rings. The van der Waals surface area contributed by atoms with Gasteiger partial charge in [-0.15, -0.1) is 0 Å². The van der Waals surface area contributed by atoms with Crippen molar-refractivity contribution >= 4 is 19.0 Å². The summed E-state index contributed by atoms with van der Waals surface area (Å²) in [5, 5.41) is 12.4. The van der Waals surface area contributed by atoms with Crippen molar-refractivity contribution in [2.45, 2.75) is 25.5 Å². The molecule has 0 radical (unpaired) electrons. The molecule has 2 aromatic rings. The maximum absolute atomic E-state index is 13.5. The van der Waals surface area contributed by atoms with Crippen LogP contribution in [-0.2, 0) is 9.36 Å². The van der Waals surface area contributed by atoms with Crippen LogP contribution in [0, 0.1) is 0 Å². The molecule has 5 nitrogen and oxygen atoms in total. The first-order valence-corrected chi connectivity index (χ1v) is 10.8. The van der Waals surface area contributed by atoms with Crippen LogP contribution >= 0.6 is 7.14 Å². The highest BCUT2D eigenvalue weighted by atomic mass is 31.2. The number of rotatable bonds is 8. The minimum Gasteiger partial charge on any atom is -0.480 e. The van der Waals surface area contributed by atoms with Crippen LogP contribution in [0.1, 0.15) is 35.4 Å². The van der Waals surface area contributed by atoms with Gasteiger partial charge >= 0.3 is 5.97 Å². The fourth-order valence-corrected chi connectivity index (χ4v) is 5.79. The number of carboxylic acids is 1. The Labute approximate surface area is 153 Å². The lowest BCUT2D eigenvalue weighted by Gasteiger charge is -2.32. The number of carbonyl (C=O) groups excluding carboxylic acids is 1. The predicted molar refractivity (Wildman–Crippen MR) is 103 cm³/mol. The summed E-state index contributed by atoms with van der Waals surface area (Å²) in [6.07, 6.45) is 0.738. The van der Waals surface area contributed by atoms with E-state index < -0.39 is 30.7 Å². The van der Waals surface area contributed by atoms with Gasteiger partial charge in [0.15, 0.2) is 0 Å². The number of nitrogens with one attached hydrogen (secondary N) is 1. The van der Waals surface area contributed by atoms with E-state index in [4.69, 9.17) is 0 Å². The van der Waals surface area contributed by atoms with Gasteiger partial charge in [0, 0.05) is 5.56 Å². The number of hydrogen-bond acceptors (Lipinski definition) is 3. The van der Waals surface area contributed by atoms with Crippen LogP contribution in [0.15, 0.2) is 60.7 Å². The Hall–Kier alpha value is -2.39. The molecule has 0 saturated carbocycles. The normalized spacial score (nSPS) is 13.6. The van der Waals surface area contributed by atoms with Crippen LogP contribution in [0.3, 0.4) is 0 Å². The largest absolute Gasteiger partial charge is 0.480 e. The number of aliphatic carboxylic acids is 1. The number of carboxylic acid groups (broad SMARTS) is 1. The molecule has 2 N–H and O–H groups in total. The molecule has 0 aliphatic rings. The van der Waals surface area contributed by atoms with E-state index in [9.17, 15) is 19.3 Å². The van der Waals surface area contributed by atoms with Gasteiger partial charge in [0.1, 0.15) is 6.04 Å². The molecule has 6 heteroatoms. The Morgan fingerprint density at radius 1 is 0.962 bits per heavy atom. The summed E-state index contributed by atoms with van der Waals surface area (Å²) in [5.41, 5.74) is 0.262. The molecule has 0 saturated heterocycles. The molecule has 2 unspecified atom stereocenters. The second kappa shape index (κ2) is 8.81. The third kappa shape index (κ3) is 4.41. The molecule has 0 aliphatic carbocycles. The van der Waals surface area contributed by atoms with E-state index in [-0.39, 0.29) is 0 Å². The van der Waals surface area contributed by atoms with Crippen molar-refractivity contribution in [3.63, 3.8) is 0 Å². The summed E-state index contributed by atoms with van der Waals surface area (Å²) in [4.78, 5) is 24.6. The first-order valence-electron chi connectivity index (χ1n) is 8.64. The fourth-order valence-electron chi connectivity index (χ4n) is 3.09. The lowest BCUT2D eigenvalue weighted by molar-refractivity contribution is -0.139. The van der Waals surface area contributed by atoms with Gasteiger partial charge in [0.25, 0.3) is 5.91 Å². The maximum atomic E-state index is 13.5. The Bertz CT molecular complexity index is 784. The highest BCUT2D eigenvalue weighted by Crippen LogP contribution is 2.60. The number of hydrogen-bond donors (Lipinski definition) is 2. The van der Waals surface area contributed by atoms with Crippen LogP contribution in [0.2, 0.25) is 0 Å². The van der Waals surface area contributed by atoms with E-state index in [0.717, 1.165) is 0 Å². The monoisotopic (exact) mass is 373 g/mol.